The molecule has 0 fully saturated rings. The van der Waals surface area contributed by atoms with Crippen molar-refractivity contribution in [1.29, 1.82) is 0 Å². The lowest BCUT2D eigenvalue weighted by atomic mass is 10.3. The Balaban J connectivity index is 2.07. The highest BCUT2D eigenvalue weighted by atomic mass is 127. The monoisotopic (exact) mass is 574 g/mol. The molecule has 0 heterocycles. The summed E-state index contributed by atoms with van der Waals surface area (Å²) >= 11 is 16.6. The maximum Gasteiger partial charge on any atom is 0.197 e. The number of hydrogen-bond acceptors (Lipinski definition) is 2. The highest BCUT2D eigenvalue weighted by Gasteiger charge is 2.09. The van der Waals surface area contributed by atoms with E-state index in [2.05, 4.69) is 55.5 Å². The van der Waals surface area contributed by atoms with Crippen LogP contribution in [0.3, 0.4) is 0 Å². The van der Waals surface area contributed by atoms with E-state index in [1.807, 2.05) is 48.3 Å². The average Bonchev–Trinajstić information content (AvgIpc) is 2.49. The van der Waals surface area contributed by atoms with Crippen LogP contribution in [0.5, 0.6) is 0 Å². The number of anilines is 2. The Morgan fingerprint density at radius 3 is 2.61 bits per heavy atom. The molecule has 0 aliphatic rings. The van der Waals surface area contributed by atoms with E-state index in [1.165, 1.54) is 0 Å². The van der Waals surface area contributed by atoms with Crippen LogP contribution in [-0.4, -0.2) is 19.7 Å². The van der Waals surface area contributed by atoms with Gasteiger partial charge in [0.25, 0.3) is 0 Å². The van der Waals surface area contributed by atoms with Gasteiger partial charge in [0.2, 0.25) is 0 Å². The second kappa shape index (κ2) is 8.59. The van der Waals surface area contributed by atoms with E-state index in [1.54, 1.807) is 0 Å². The van der Waals surface area contributed by atoms with Gasteiger partial charge in [-0.2, -0.15) is 0 Å². The molecule has 0 saturated carbocycles. The Hall–Kier alpha value is -0.450. The SMILES string of the molecule is CN(C(N)=NCNc1c(Cl)cccc1I)c1ccc(Cl)cc1I. The molecule has 0 aromatic heterocycles. The zero-order valence-corrected chi connectivity index (χ0v) is 18.0. The minimum atomic E-state index is 0.333. The summed E-state index contributed by atoms with van der Waals surface area (Å²) in [5.41, 5.74) is 7.87. The Labute approximate surface area is 172 Å². The van der Waals surface area contributed by atoms with Crippen molar-refractivity contribution in [2.45, 2.75) is 0 Å². The normalized spacial score (nSPS) is 11.4. The molecule has 23 heavy (non-hydrogen) atoms. The maximum atomic E-state index is 6.17. The Bertz CT molecular complexity index is 717. The van der Waals surface area contributed by atoms with Gasteiger partial charge in [-0.1, -0.05) is 29.3 Å². The van der Waals surface area contributed by atoms with Crippen molar-refractivity contribution in [3.63, 3.8) is 0 Å². The third-order valence-corrected chi connectivity index (χ3v) is 5.39. The molecule has 0 spiro atoms. The standard InChI is InChI=1S/C15H14Cl2I2N4/c1-23(13-6-5-9(16)7-12(13)19)15(20)22-8-21-14-10(17)3-2-4-11(14)18/h2-7,21H,8H2,1H3,(H2,20,22). The Morgan fingerprint density at radius 2 is 1.96 bits per heavy atom. The molecule has 3 N–H and O–H groups in total. The summed E-state index contributed by atoms with van der Waals surface area (Å²) < 4.78 is 2.04. The van der Waals surface area contributed by atoms with Crippen LogP contribution >= 0.6 is 68.4 Å². The number of nitrogens with zero attached hydrogens (tertiary/aromatic N) is 2. The van der Waals surface area contributed by atoms with Crippen LogP contribution in [0.1, 0.15) is 0 Å². The first-order chi connectivity index (χ1) is 10.9. The second-order valence-corrected chi connectivity index (χ2v) is 7.77. The number of guanidine groups is 1. The van der Waals surface area contributed by atoms with Crippen molar-refractivity contribution < 1.29 is 0 Å². The van der Waals surface area contributed by atoms with Crippen LogP contribution in [0.4, 0.5) is 11.4 Å². The van der Waals surface area contributed by atoms with E-state index in [0.717, 1.165) is 18.5 Å². The molecule has 2 rings (SSSR count). The van der Waals surface area contributed by atoms with E-state index >= 15 is 0 Å². The van der Waals surface area contributed by atoms with Crippen molar-refractivity contribution in [2.24, 2.45) is 10.7 Å². The van der Waals surface area contributed by atoms with Crippen LogP contribution in [0.15, 0.2) is 41.4 Å². The molecular formula is C15H14Cl2I2N4. The van der Waals surface area contributed by atoms with E-state index in [-0.39, 0.29) is 0 Å². The lowest BCUT2D eigenvalue weighted by Crippen LogP contribution is -2.35. The van der Waals surface area contributed by atoms with Gasteiger partial charge >= 0.3 is 0 Å². The highest BCUT2D eigenvalue weighted by Crippen LogP contribution is 2.27. The van der Waals surface area contributed by atoms with Gasteiger partial charge in [0.1, 0.15) is 6.67 Å². The fourth-order valence-electron chi connectivity index (χ4n) is 1.85. The first-order valence-corrected chi connectivity index (χ1v) is 9.48. The number of nitrogens with two attached hydrogens (primary N) is 1. The predicted octanol–water partition coefficient (Wildman–Crippen LogP) is 5.02. The van der Waals surface area contributed by atoms with E-state index in [4.69, 9.17) is 28.9 Å². The summed E-state index contributed by atoms with van der Waals surface area (Å²) in [7, 11) is 1.86. The molecule has 2 aromatic carbocycles. The zero-order chi connectivity index (χ0) is 17.0. The average molecular weight is 575 g/mol. The number of hydrogen-bond donors (Lipinski definition) is 2. The molecule has 0 atom stereocenters. The fraction of sp³-hybridized carbons (Fsp3) is 0.133. The molecule has 122 valence electrons. The van der Waals surface area contributed by atoms with Crippen molar-refractivity contribution in [2.75, 3.05) is 23.9 Å². The summed E-state index contributed by atoms with van der Waals surface area (Å²) in [4.78, 5) is 6.17. The predicted molar refractivity (Wildman–Crippen MR) is 117 cm³/mol. The van der Waals surface area contributed by atoms with E-state index in [9.17, 15) is 0 Å². The summed E-state index contributed by atoms with van der Waals surface area (Å²) in [6.07, 6.45) is 0. The number of halogens is 4. The van der Waals surface area contributed by atoms with Gasteiger partial charge < -0.3 is 16.0 Å². The third-order valence-electron chi connectivity index (χ3n) is 3.07. The van der Waals surface area contributed by atoms with Gasteiger partial charge in [-0.3, -0.25) is 0 Å². The molecule has 0 amide bonds. The first-order valence-electron chi connectivity index (χ1n) is 6.56. The van der Waals surface area contributed by atoms with Gasteiger partial charge in [0, 0.05) is 19.2 Å². The van der Waals surface area contributed by atoms with E-state index < -0.39 is 0 Å². The van der Waals surface area contributed by atoms with Crippen LogP contribution in [0.25, 0.3) is 0 Å². The van der Waals surface area contributed by atoms with Gasteiger partial charge in [-0.25, -0.2) is 4.99 Å². The van der Waals surface area contributed by atoms with Crippen molar-refractivity contribution in [1.82, 2.24) is 0 Å². The van der Waals surface area contributed by atoms with Crippen LogP contribution in [-0.2, 0) is 0 Å². The van der Waals surface area contributed by atoms with Gasteiger partial charge in [-0.15, -0.1) is 0 Å². The highest BCUT2D eigenvalue weighted by molar-refractivity contribution is 14.1. The van der Waals surface area contributed by atoms with Crippen molar-refractivity contribution >= 4 is 85.7 Å². The molecule has 0 radical (unpaired) electrons. The largest absolute Gasteiger partial charge is 0.369 e. The number of benzene rings is 2. The lowest BCUT2D eigenvalue weighted by Gasteiger charge is -2.20. The smallest absolute Gasteiger partial charge is 0.197 e. The zero-order valence-electron chi connectivity index (χ0n) is 12.2. The second-order valence-electron chi connectivity index (χ2n) is 4.60. The quantitative estimate of drug-likeness (QED) is 0.306. The topological polar surface area (TPSA) is 53.6 Å². The van der Waals surface area contributed by atoms with Gasteiger partial charge in [0.05, 0.1) is 16.4 Å². The Morgan fingerprint density at radius 1 is 1.22 bits per heavy atom. The summed E-state index contributed by atoms with van der Waals surface area (Å²) in [6, 6.07) is 11.3. The third kappa shape index (κ3) is 5.01. The summed E-state index contributed by atoms with van der Waals surface area (Å²) in [5.74, 6) is 0.403. The lowest BCUT2D eigenvalue weighted by molar-refractivity contribution is 1.09. The molecule has 4 nitrogen and oxygen atoms in total. The van der Waals surface area contributed by atoms with Crippen LogP contribution in [0.2, 0.25) is 10.0 Å². The van der Waals surface area contributed by atoms with Crippen LogP contribution in [0, 0.1) is 7.14 Å². The minimum Gasteiger partial charge on any atom is -0.369 e. The minimum absolute atomic E-state index is 0.333. The summed E-state index contributed by atoms with van der Waals surface area (Å²) in [5, 5.41) is 4.54. The molecule has 0 saturated heterocycles. The van der Waals surface area contributed by atoms with Crippen LogP contribution < -0.4 is 16.0 Å². The van der Waals surface area contributed by atoms with Gasteiger partial charge in [0.15, 0.2) is 5.96 Å². The van der Waals surface area contributed by atoms with Crippen molar-refractivity contribution in [3.05, 3.63) is 53.6 Å². The maximum absolute atomic E-state index is 6.17. The number of aliphatic imine (C=N–C) groups is 1. The molecule has 0 unspecified atom stereocenters. The van der Waals surface area contributed by atoms with Gasteiger partial charge in [-0.05, 0) is 75.5 Å². The van der Waals surface area contributed by atoms with E-state index in [0.29, 0.717) is 22.7 Å². The molecular weight excluding hydrogens is 561 g/mol. The fourth-order valence-corrected chi connectivity index (χ4v) is 4.17. The Kier molecular flexibility index (Phi) is 7.05. The first kappa shape index (κ1) is 18.9. The molecule has 8 heteroatoms. The summed E-state index contributed by atoms with van der Waals surface area (Å²) in [6.45, 7) is 0.333. The molecule has 0 aliphatic carbocycles. The molecule has 2 aromatic rings. The molecule has 0 aliphatic heterocycles. The number of para-hydroxylation sites is 1. The number of nitrogens with one attached hydrogen (secondary N) is 1. The number of rotatable bonds is 4. The van der Waals surface area contributed by atoms with Crippen molar-refractivity contribution in [3.8, 4) is 0 Å². The molecule has 0 bridgehead atoms.